The first-order valence-electron chi connectivity index (χ1n) is 9.63. The second-order valence-corrected chi connectivity index (χ2v) is 6.44. The van der Waals surface area contributed by atoms with Gasteiger partial charge in [-0.3, -0.25) is 4.79 Å². The summed E-state index contributed by atoms with van der Waals surface area (Å²) in [5, 5.41) is 0. The van der Waals surface area contributed by atoms with Gasteiger partial charge in [0.2, 0.25) is 0 Å². The van der Waals surface area contributed by atoms with Crippen LogP contribution >= 0.6 is 0 Å². The van der Waals surface area contributed by atoms with E-state index in [4.69, 9.17) is 0 Å². The standard InChI is InChI=1S/C13H16.C10H14O.C2H6/c1-5-6-7-13-11(3)9-8-10(2)12(13)4;1-5-9-6(2)7(3)10(11)8(9)4;1-2/h8-9H,7H2,1-4H3;5H2,1-4H3;1-2H3. The molecule has 0 aromatic heterocycles. The summed E-state index contributed by atoms with van der Waals surface area (Å²) in [7, 11) is 0. The largest absolute Gasteiger partial charge is 0.289 e. The van der Waals surface area contributed by atoms with Crippen molar-refractivity contribution >= 4 is 5.78 Å². The quantitative estimate of drug-likeness (QED) is 0.533. The Kier molecular flexibility index (Phi) is 10.6. The van der Waals surface area contributed by atoms with Crippen LogP contribution in [-0.2, 0) is 11.2 Å². The Morgan fingerprint density at radius 3 is 1.77 bits per heavy atom. The van der Waals surface area contributed by atoms with Crippen molar-refractivity contribution in [1.82, 2.24) is 0 Å². The van der Waals surface area contributed by atoms with Gasteiger partial charge in [-0.25, -0.2) is 0 Å². The van der Waals surface area contributed by atoms with Crippen LogP contribution in [-0.4, -0.2) is 5.78 Å². The van der Waals surface area contributed by atoms with Crippen molar-refractivity contribution in [3.05, 3.63) is 56.7 Å². The lowest BCUT2D eigenvalue weighted by molar-refractivity contribution is -0.112. The molecule has 0 bridgehead atoms. The molecular formula is C25H36O. The zero-order valence-electron chi connectivity index (χ0n) is 18.5. The van der Waals surface area contributed by atoms with E-state index in [1.165, 1.54) is 33.4 Å². The molecule has 2 rings (SSSR count). The predicted molar refractivity (Wildman–Crippen MR) is 116 cm³/mol. The minimum atomic E-state index is 0.236. The highest BCUT2D eigenvalue weighted by atomic mass is 16.1. The second-order valence-electron chi connectivity index (χ2n) is 6.44. The summed E-state index contributed by atoms with van der Waals surface area (Å²) >= 11 is 0. The summed E-state index contributed by atoms with van der Waals surface area (Å²) in [5.74, 6) is 6.30. The van der Waals surface area contributed by atoms with E-state index in [-0.39, 0.29) is 5.78 Å². The number of Topliss-reactive ketones (excluding diaryl/α,β-unsaturated/α-hetero) is 1. The maximum Gasteiger partial charge on any atom is 0.184 e. The summed E-state index contributed by atoms with van der Waals surface area (Å²) in [6.45, 7) is 20.3. The van der Waals surface area contributed by atoms with Crippen molar-refractivity contribution in [1.29, 1.82) is 0 Å². The van der Waals surface area contributed by atoms with Crippen LogP contribution in [0.2, 0.25) is 0 Å². The fourth-order valence-electron chi connectivity index (χ4n) is 3.08. The maximum absolute atomic E-state index is 11.4. The molecular weight excluding hydrogens is 316 g/mol. The van der Waals surface area contributed by atoms with E-state index in [1.54, 1.807) is 0 Å². The zero-order chi connectivity index (χ0) is 20.4. The fourth-order valence-corrected chi connectivity index (χ4v) is 3.08. The monoisotopic (exact) mass is 352 g/mol. The van der Waals surface area contributed by atoms with E-state index < -0.39 is 0 Å². The van der Waals surface area contributed by atoms with E-state index in [0.29, 0.717) is 0 Å². The molecule has 1 heteroatoms. The summed E-state index contributed by atoms with van der Waals surface area (Å²) in [4.78, 5) is 11.4. The van der Waals surface area contributed by atoms with Crippen LogP contribution in [0.15, 0.2) is 34.4 Å². The van der Waals surface area contributed by atoms with E-state index in [1.807, 2.05) is 41.5 Å². The molecule has 0 unspecified atom stereocenters. The number of aryl methyl sites for hydroxylation is 2. The van der Waals surface area contributed by atoms with Crippen molar-refractivity contribution in [3.8, 4) is 11.8 Å². The average Bonchev–Trinajstić information content (AvgIpc) is 2.83. The molecule has 0 spiro atoms. The molecule has 26 heavy (non-hydrogen) atoms. The van der Waals surface area contributed by atoms with Crippen molar-refractivity contribution in [2.45, 2.75) is 82.1 Å². The number of carbonyl (C=O) groups excluding carboxylic acids is 1. The molecule has 0 amide bonds. The zero-order valence-corrected chi connectivity index (χ0v) is 18.5. The smallest absolute Gasteiger partial charge is 0.184 e. The molecule has 0 saturated carbocycles. The van der Waals surface area contributed by atoms with Crippen molar-refractivity contribution in [3.63, 3.8) is 0 Å². The molecule has 1 aromatic carbocycles. The first kappa shape index (κ1) is 23.9. The summed E-state index contributed by atoms with van der Waals surface area (Å²) in [5.41, 5.74) is 9.81. The normalized spacial score (nSPS) is 12.8. The Labute approximate surface area is 161 Å². The van der Waals surface area contributed by atoms with Crippen LogP contribution in [0.4, 0.5) is 0 Å². The second kappa shape index (κ2) is 11.5. The minimum absolute atomic E-state index is 0.236. The highest BCUT2D eigenvalue weighted by Gasteiger charge is 2.22. The van der Waals surface area contributed by atoms with E-state index in [2.05, 4.69) is 51.7 Å². The Balaban J connectivity index is 0.000000444. The third kappa shape index (κ3) is 5.73. The van der Waals surface area contributed by atoms with Gasteiger partial charge in [0.1, 0.15) is 0 Å². The molecule has 142 valence electrons. The molecule has 1 nitrogen and oxygen atoms in total. The molecule has 0 fully saturated rings. The molecule has 1 aliphatic rings. The van der Waals surface area contributed by atoms with Gasteiger partial charge in [-0.05, 0) is 93.9 Å². The number of ketones is 1. The van der Waals surface area contributed by atoms with Crippen molar-refractivity contribution in [2.75, 3.05) is 0 Å². The Bertz CT molecular complexity index is 761. The topological polar surface area (TPSA) is 17.1 Å². The van der Waals surface area contributed by atoms with E-state index >= 15 is 0 Å². The predicted octanol–water partition coefficient (Wildman–Crippen LogP) is 6.84. The number of rotatable bonds is 2. The van der Waals surface area contributed by atoms with Gasteiger partial charge in [0, 0.05) is 12.0 Å². The van der Waals surface area contributed by atoms with Gasteiger partial charge in [-0.1, -0.05) is 38.8 Å². The highest BCUT2D eigenvalue weighted by Crippen LogP contribution is 2.30. The summed E-state index contributed by atoms with van der Waals surface area (Å²) < 4.78 is 0. The molecule has 1 aliphatic carbocycles. The van der Waals surface area contributed by atoms with Crippen LogP contribution in [0.5, 0.6) is 0 Å². The first-order chi connectivity index (χ1) is 12.3. The van der Waals surface area contributed by atoms with E-state index in [9.17, 15) is 4.79 Å². The molecule has 0 atom stereocenters. The van der Waals surface area contributed by atoms with Gasteiger partial charge in [-0.15, -0.1) is 5.92 Å². The number of hydrogen-bond acceptors (Lipinski definition) is 1. The first-order valence-corrected chi connectivity index (χ1v) is 9.63. The minimum Gasteiger partial charge on any atom is -0.289 e. The highest BCUT2D eigenvalue weighted by molar-refractivity contribution is 6.12. The van der Waals surface area contributed by atoms with Crippen LogP contribution in [0.25, 0.3) is 0 Å². The molecule has 0 radical (unpaired) electrons. The lowest BCUT2D eigenvalue weighted by Gasteiger charge is -2.09. The molecule has 0 saturated heterocycles. The number of carbonyl (C=O) groups is 1. The summed E-state index contributed by atoms with van der Waals surface area (Å²) in [6, 6.07) is 4.35. The maximum atomic E-state index is 11.4. The van der Waals surface area contributed by atoms with E-state index in [0.717, 1.165) is 24.0 Å². The third-order valence-electron chi connectivity index (χ3n) is 5.05. The van der Waals surface area contributed by atoms with Gasteiger partial charge in [0.15, 0.2) is 5.78 Å². The van der Waals surface area contributed by atoms with Crippen LogP contribution in [0, 0.1) is 32.6 Å². The van der Waals surface area contributed by atoms with Gasteiger partial charge >= 0.3 is 0 Å². The van der Waals surface area contributed by atoms with Gasteiger partial charge in [0.25, 0.3) is 0 Å². The number of allylic oxidation sites excluding steroid dienone is 4. The molecule has 0 heterocycles. The van der Waals surface area contributed by atoms with Gasteiger partial charge < -0.3 is 0 Å². The van der Waals surface area contributed by atoms with Crippen LogP contribution in [0.1, 0.15) is 77.1 Å². The third-order valence-corrected chi connectivity index (χ3v) is 5.05. The Morgan fingerprint density at radius 1 is 0.846 bits per heavy atom. The molecule has 0 N–H and O–H groups in total. The average molecular weight is 353 g/mol. The lowest BCUT2D eigenvalue weighted by Crippen LogP contribution is -1.95. The SMILES string of the molecule is CC.CC#CCc1c(C)ccc(C)c1C.CCC1=C(C)C(=O)C(C)=C1C. The lowest BCUT2D eigenvalue weighted by atomic mass is 9.96. The Hall–Kier alpha value is -2.07. The summed E-state index contributed by atoms with van der Waals surface area (Å²) in [6.07, 6.45) is 1.86. The van der Waals surface area contributed by atoms with Gasteiger partial charge in [-0.2, -0.15) is 0 Å². The van der Waals surface area contributed by atoms with Crippen LogP contribution in [0.3, 0.4) is 0 Å². The molecule has 1 aromatic rings. The van der Waals surface area contributed by atoms with Crippen molar-refractivity contribution < 1.29 is 4.79 Å². The number of hydrogen-bond donors (Lipinski definition) is 0. The fraction of sp³-hybridized carbons (Fsp3) is 0.480. The van der Waals surface area contributed by atoms with Crippen LogP contribution < -0.4 is 0 Å². The number of benzene rings is 1. The Morgan fingerprint density at radius 2 is 1.38 bits per heavy atom. The van der Waals surface area contributed by atoms with Crippen molar-refractivity contribution in [2.24, 2.45) is 0 Å². The molecule has 0 aliphatic heterocycles. The van der Waals surface area contributed by atoms with Gasteiger partial charge in [0.05, 0.1) is 0 Å².